The van der Waals surface area contributed by atoms with Crippen LogP contribution in [-0.4, -0.2) is 72.3 Å². The average molecular weight is 421 g/mol. The van der Waals surface area contributed by atoms with E-state index >= 15 is 0 Å². The number of hydrogen-bond donors (Lipinski definition) is 1. The van der Waals surface area contributed by atoms with Crippen molar-refractivity contribution in [3.8, 4) is 0 Å². The third kappa shape index (κ3) is 5.32. The number of rotatable bonds is 6. The molecule has 2 fully saturated rings. The lowest BCUT2D eigenvalue weighted by atomic mass is 9.94. The van der Waals surface area contributed by atoms with Gasteiger partial charge in [0.15, 0.2) is 0 Å². The maximum Gasteiger partial charge on any atom is 0.231 e. The molecule has 164 valence electrons. The highest BCUT2D eigenvalue weighted by Gasteiger charge is 2.32. The molecule has 6 nitrogen and oxygen atoms in total. The summed E-state index contributed by atoms with van der Waals surface area (Å²) in [6, 6.07) is 21.4. The van der Waals surface area contributed by atoms with Crippen LogP contribution >= 0.6 is 0 Å². The third-order valence-corrected chi connectivity index (χ3v) is 6.54. The van der Waals surface area contributed by atoms with Gasteiger partial charge in [0.1, 0.15) is 0 Å². The van der Waals surface area contributed by atoms with Crippen molar-refractivity contribution < 1.29 is 9.59 Å². The topological polar surface area (TPSA) is 69.9 Å². The predicted octanol–water partition coefficient (Wildman–Crippen LogP) is 2.12. The Labute approximate surface area is 184 Å². The molecular weight excluding hydrogens is 388 g/mol. The van der Waals surface area contributed by atoms with Crippen LogP contribution in [0.1, 0.15) is 30.0 Å². The molecule has 0 bridgehead atoms. The minimum absolute atomic E-state index is 0.0646. The minimum Gasteiger partial charge on any atom is -0.369 e. The lowest BCUT2D eigenvalue weighted by molar-refractivity contribution is -0.139. The molecule has 0 spiro atoms. The van der Waals surface area contributed by atoms with Gasteiger partial charge in [-0.25, -0.2) is 0 Å². The van der Waals surface area contributed by atoms with E-state index in [1.165, 1.54) is 11.1 Å². The van der Waals surface area contributed by atoms with Crippen LogP contribution in [0.2, 0.25) is 0 Å². The average Bonchev–Trinajstić information content (AvgIpc) is 2.81. The molecule has 0 radical (unpaired) electrons. The van der Waals surface area contributed by atoms with Gasteiger partial charge in [-0.3, -0.25) is 19.4 Å². The van der Waals surface area contributed by atoms with Crippen molar-refractivity contribution in [2.75, 3.05) is 45.8 Å². The number of amides is 2. The van der Waals surface area contributed by atoms with E-state index in [1.807, 2.05) is 9.80 Å². The second-order valence-electron chi connectivity index (χ2n) is 8.60. The van der Waals surface area contributed by atoms with Crippen LogP contribution in [-0.2, 0) is 9.59 Å². The van der Waals surface area contributed by atoms with Gasteiger partial charge in [0.25, 0.3) is 0 Å². The molecule has 31 heavy (non-hydrogen) atoms. The van der Waals surface area contributed by atoms with Crippen molar-refractivity contribution in [3.05, 3.63) is 71.8 Å². The Balaban J connectivity index is 1.37. The molecule has 2 saturated heterocycles. The fourth-order valence-corrected chi connectivity index (χ4v) is 4.90. The van der Waals surface area contributed by atoms with Gasteiger partial charge in [-0.2, -0.15) is 0 Å². The van der Waals surface area contributed by atoms with Crippen molar-refractivity contribution in [2.24, 2.45) is 11.7 Å². The Morgan fingerprint density at radius 2 is 1.32 bits per heavy atom. The summed E-state index contributed by atoms with van der Waals surface area (Å²) >= 11 is 0. The molecule has 2 amide bonds. The molecule has 0 atom stereocenters. The maximum absolute atomic E-state index is 13.1. The monoisotopic (exact) mass is 420 g/mol. The van der Waals surface area contributed by atoms with Crippen LogP contribution < -0.4 is 5.73 Å². The third-order valence-electron chi connectivity index (χ3n) is 6.54. The molecule has 0 aromatic heterocycles. The van der Waals surface area contributed by atoms with E-state index in [4.69, 9.17) is 5.73 Å². The van der Waals surface area contributed by atoms with Gasteiger partial charge >= 0.3 is 0 Å². The lowest BCUT2D eigenvalue weighted by Gasteiger charge is -2.41. The molecule has 2 aliphatic rings. The van der Waals surface area contributed by atoms with Gasteiger partial charge in [0, 0.05) is 32.1 Å². The Bertz CT molecular complexity index is 818. The van der Waals surface area contributed by atoms with E-state index in [2.05, 4.69) is 65.6 Å². The first-order chi connectivity index (χ1) is 15.1. The number of nitrogens with two attached hydrogens (primary N) is 1. The van der Waals surface area contributed by atoms with Crippen LogP contribution in [0.25, 0.3) is 0 Å². The van der Waals surface area contributed by atoms with Crippen molar-refractivity contribution >= 4 is 11.8 Å². The standard InChI is InChI=1S/C25H32N4O2/c26-23(30)19-27-13-11-22(12-14-27)25(31)29-17-15-28(16-18-29)24(20-7-3-1-4-8-20)21-9-5-2-6-10-21/h1-10,22,24H,11-19H2,(H2,26,30). The van der Waals surface area contributed by atoms with Gasteiger partial charge < -0.3 is 10.6 Å². The smallest absolute Gasteiger partial charge is 0.231 e. The second-order valence-corrected chi connectivity index (χ2v) is 8.60. The zero-order valence-electron chi connectivity index (χ0n) is 18.0. The molecule has 2 aromatic carbocycles. The van der Waals surface area contributed by atoms with E-state index in [1.54, 1.807) is 0 Å². The summed E-state index contributed by atoms with van der Waals surface area (Å²) in [6.45, 7) is 5.07. The maximum atomic E-state index is 13.1. The van der Waals surface area contributed by atoms with Crippen LogP contribution in [0.4, 0.5) is 0 Å². The van der Waals surface area contributed by atoms with E-state index < -0.39 is 0 Å². The van der Waals surface area contributed by atoms with Gasteiger partial charge in [-0.15, -0.1) is 0 Å². The van der Waals surface area contributed by atoms with E-state index in [0.717, 1.165) is 52.1 Å². The number of piperidine rings is 1. The van der Waals surface area contributed by atoms with Crippen LogP contribution in [0.5, 0.6) is 0 Å². The highest BCUT2D eigenvalue weighted by Crippen LogP contribution is 2.30. The Morgan fingerprint density at radius 3 is 1.81 bits per heavy atom. The molecule has 2 aliphatic heterocycles. The summed E-state index contributed by atoms with van der Waals surface area (Å²) in [6.07, 6.45) is 1.62. The molecule has 4 rings (SSSR count). The summed E-state index contributed by atoms with van der Waals surface area (Å²) in [5.41, 5.74) is 7.87. The van der Waals surface area contributed by atoms with Crippen molar-refractivity contribution in [1.29, 1.82) is 0 Å². The number of carbonyl (C=O) groups is 2. The fourth-order valence-electron chi connectivity index (χ4n) is 4.90. The number of hydrogen-bond acceptors (Lipinski definition) is 4. The molecule has 2 aromatic rings. The first kappa shape index (κ1) is 21.5. The summed E-state index contributed by atoms with van der Waals surface area (Å²) in [7, 11) is 0. The van der Waals surface area contributed by atoms with Gasteiger partial charge in [-0.1, -0.05) is 60.7 Å². The van der Waals surface area contributed by atoms with Gasteiger partial charge in [0.2, 0.25) is 11.8 Å². The Morgan fingerprint density at radius 1 is 0.806 bits per heavy atom. The number of likely N-dealkylation sites (tertiary alicyclic amines) is 1. The fraction of sp³-hybridized carbons (Fsp3) is 0.440. The number of nitrogens with zero attached hydrogens (tertiary/aromatic N) is 3. The normalized spacial score (nSPS) is 18.9. The van der Waals surface area contributed by atoms with E-state index in [0.29, 0.717) is 6.54 Å². The number of piperazine rings is 1. The SMILES string of the molecule is NC(=O)CN1CCC(C(=O)N2CCN(C(c3ccccc3)c3ccccc3)CC2)CC1. The quantitative estimate of drug-likeness (QED) is 0.777. The van der Waals surface area contributed by atoms with Crippen molar-refractivity contribution in [2.45, 2.75) is 18.9 Å². The second kappa shape index (κ2) is 10.1. The number of carbonyl (C=O) groups excluding carboxylic acids is 2. The van der Waals surface area contributed by atoms with Crippen LogP contribution in [0, 0.1) is 5.92 Å². The first-order valence-electron chi connectivity index (χ1n) is 11.2. The summed E-state index contributed by atoms with van der Waals surface area (Å²) in [4.78, 5) is 30.8. The minimum atomic E-state index is -0.299. The predicted molar refractivity (Wildman–Crippen MR) is 121 cm³/mol. The van der Waals surface area contributed by atoms with Gasteiger partial charge in [-0.05, 0) is 37.1 Å². The molecule has 0 unspecified atom stereocenters. The van der Waals surface area contributed by atoms with E-state index in [9.17, 15) is 9.59 Å². The van der Waals surface area contributed by atoms with Gasteiger partial charge in [0.05, 0.1) is 12.6 Å². The highest BCUT2D eigenvalue weighted by molar-refractivity contribution is 5.79. The molecular formula is C25H32N4O2. The summed E-state index contributed by atoms with van der Waals surface area (Å²) < 4.78 is 0. The summed E-state index contributed by atoms with van der Waals surface area (Å²) in [5, 5.41) is 0. The Kier molecular flexibility index (Phi) is 6.99. The van der Waals surface area contributed by atoms with Crippen molar-refractivity contribution in [3.63, 3.8) is 0 Å². The first-order valence-corrected chi connectivity index (χ1v) is 11.2. The van der Waals surface area contributed by atoms with E-state index in [-0.39, 0.29) is 23.8 Å². The zero-order chi connectivity index (χ0) is 21.6. The molecule has 0 aliphatic carbocycles. The number of primary amides is 1. The van der Waals surface area contributed by atoms with Crippen LogP contribution in [0.3, 0.4) is 0 Å². The molecule has 2 heterocycles. The van der Waals surface area contributed by atoms with Crippen molar-refractivity contribution in [1.82, 2.24) is 14.7 Å². The Hall–Kier alpha value is -2.70. The number of benzene rings is 2. The highest BCUT2D eigenvalue weighted by atomic mass is 16.2. The molecule has 6 heteroatoms. The largest absolute Gasteiger partial charge is 0.369 e. The molecule has 0 saturated carbocycles. The lowest BCUT2D eigenvalue weighted by Crippen LogP contribution is -2.52. The zero-order valence-corrected chi connectivity index (χ0v) is 18.0. The summed E-state index contributed by atoms with van der Waals surface area (Å²) in [5.74, 6) is 0.0383. The molecule has 2 N–H and O–H groups in total. The van der Waals surface area contributed by atoms with Crippen LogP contribution in [0.15, 0.2) is 60.7 Å².